The first-order valence-electron chi connectivity index (χ1n) is 28.8. The molecule has 11 nitrogen and oxygen atoms in total. The molecule has 1 aromatic rings. The summed E-state index contributed by atoms with van der Waals surface area (Å²) in [7, 11) is 0. The first kappa shape index (κ1) is 57.4. The zero-order chi connectivity index (χ0) is 56.1. The van der Waals surface area contributed by atoms with Gasteiger partial charge in [-0.15, -0.1) is 0 Å². The molecule has 0 amide bonds. The van der Waals surface area contributed by atoms with Gasteiger partial charge in [-0.05, 0) is 137 Å². The Bertz CT molecular complexity index is 3110. The normalized spacial score (nSPS) is 21.2. The van der Waals surface area contributed by atoms with Crippen molar-refractivity contribution in [2.75, 3.05) is 6.61 Å². The van der Waals surface area contributed by atoms with Gasteiger partial charge in [0.05, 0.1) is 34.2 Å². The number of Topliss-reactive ketones (excluding diaryl/α,β-unsaturated/α-hetero) is 2. The Morgan fingerprint density at radius 1 is 0.795 bits per heavy atom. The van der Waals surface area contributed by atoms with Crippen LogP contribution in [-0.4, -0.2) is 58.5 Å². The summed E-state index contributed by atoms with van der Waals surface area (Å²) >= 11 is 0. The number of nitrogens with zero attached hydrogens (tertiary/aromatic N) is 3. The molecule has 5 heterocycles. The van der Waals surface area contributed by atoms with Crippen molar-refractivity contribution in [1.82, 2.24) is 5.32 Å². The largest absolute Gasteiger partial charge is 0.511 e. The van der Waals surface area contributed by atoms with Crippen LogP contribution < -0.4 is 5.32 Å². The minimum atomic E-state index is -0.555. The summed E-state index contributed by atoms with van der Waals surface area (Å²) in [5, 5.41) is 15.4. The predicted octanol–water partition coefficient (Wildman–Crippen LogP) is 15.3. The van der Waals surface area contributed by atoms with E-state index in [1.54, 1.807) is 31.2 Å². The fraction of sp³-hybridized carbons (Fsp3) is 0.478. The van der Waals surface area contributed by atoms with Gasteiger partial charge in [0.1, 0.15) is 18.5 Å². The number of ether oxygens (including phenoxy) is 2. The van der Waals surface area contributed by atoms with Gasteiger partial charge < -0.3 is 19.9 Å². The highest BCUT2D eigenvalue weighted by Gasteiger charge is 2.41. The number of fused-ring (bicyclic) bond motifs is 6. The lowest BCUT2D eigenvalue weighted by molar-refractivity contribution is -0.148. The second-order valence-corrected chi connectivity index (χ2v) is 23.2. The molecule has 78 heavy (non-hydrogen) atoms. The lowest BCUT2D eigenvalue weighted by Crippen LogP contribution is -2.23. The van der Waals surface area contributed by atoms with E-state index in [-0.39, 0.29) is 61.0 Å². The van der Waals surface area contributed by atoms with Crippen molar-refractivity contribution in [3.05, 3.63) is 162 Å². The Labute approximate surface area is 463 Å². The Balaban J connectivity index is 0.967. The SMILES string of the molecule is C=CC1=C(C)C2=NC1=CC1=NC(=CC3=C(C)C4=C(O)CC(=C5NC(=C2)[C@@H](C)[C@@H]5CCC(=O)OC/C=C(\C)[C@@H](CC[C@H](C)CCC[C@H](C)CCCC(C)C)OC(=O)CCC2=C(C)C(=O)c5ccccc5C2=O)C4=N3)C(CC)=C1C. The number of carbonyl (C=O) groups excluding carboxylic acids is 4. The Hall–Kier alpha value is -6.75. The van der Waals surface area contributed by atoms with Gasteiger partial charge in [0.25, 0.3) is 0 Å². The lowest BCUT2D eigenvalue weighted by Gasteiger charge is -2.22. The zero-order valence-electron chi connectivity index (χ0n) is 48.2. The maximum Gasteiger partial charge on any atom is 0.306 e. The minimum Gasteiger partial charge on any atom is -0.511 e. The number of aliphatic hydroxyl groups is 1. The zero-order valence-corrected chi connectivity index (χ0v) is 48.2. The molecule has 11 heteroatoms. The second kappa shape index (κ2) is 24.9. The highest BCUT2D eigenvalue weighted by Crippen LogP contribution is 2.47. The van der Waals surface area contributed by atoms with E-state index in [1.807, 2.05) is 38.2 Å². The summed E-state index contributed by atoms with van der Waals surface area (Å²) in [6.45, 7) is 27.4. The highest BCUT2D eigenvalue weighted by atomic mass is 16.5. The van der Waals surface area contributed by atoms with Gasteiger partial charge >= 0.3 is 11.9 Å². The molecule has 1 saturated heterocycles. The van der Waals surface area contributed by atoms with Crippen LogP contribution in [0.5, 0.6) is 0 Å². The molecule has 0 spiro atoms. The Kier molecular flexibility index (Phi) is 18.4. The molecule has 0 saturated carbocycles. The lowest BCUT2D eigenvalue weighted by atomic mass is 9.83. The summed E-state index contributed by atoms with van der Waals surface area (Å²) in [6, 6.07) is 6.81. The molecule has 7 aliphatic rings. The van der Waals surface area contributed by atoms with Crippen molar-refractivity contribution in [3.63, 3.8) is 0 Å². The molecule has 5 aliphatic heterocycles. The van der Waals surface area contributed by atoms with Crippen molar-refractivity contribution in [2.45, 2.75) is 172 Å². The molecule has 0 aromatic heterocycles. The van der Waals surface area contributed by atoms with Crippen LogP contribution in [0.3, 0.4) is 0 Å². The van der Waals surface area contributed by atoms with Crippen LogP contribution in [0.25, 0.3) is 0 Å². The molecule has 2 N–H and O–H groups in total. The smallest absolute Gasteiger partial charge is 0.306 e. The van der Waals surface area contributed by atoms with Gasteiger partial charge in [-0.25, -0.2) is 15.0 Å². The number of aliphatic hydroxyl groups excluding tert-OH is 1. The molecule has 2 aliphatic carbocycles. The quantitative estimate of drug-likeness (QED) is 0.0810. The van der Waals surface area contributed by atoms with Crippen molar-refractivity contribution in [3.8, 4) is 0 Å². The van der Waals surface area contributed by atoms with Crippen LogP contribution in [0, 0.1) is 29.6 Å². The van der Waals surface area contributed by atoms with E-state index in [0.29, 0.717) is 53.4 Å². The number of rotatable bonds is 23. The maximum atomic E-state index is 13.8. The number of carbonyl (C=O) groups is 4. The number of esters is 2. The van der Waals surface area contributed by atoms with Gasteiger partial charge in [0.2, 0.25) is 0 Å². The summed E-state index contributed by atoms with van der Waals surface area (Å²) in [6.07, 6.45) is 19.8. The fourth-order valence-electron chi connectivity index (χ4n) is 12.2. The van der Waals surface area contributed by atoms with E-state index in [0.717, 1.165) is 122 Å². The first-order valence-corrected chi connectivity index (χ1v) is 28.8. The number of hydrogen-bond acceptors (Lipinski definition) is 11. The highest BCUT2D eigenvalue weighted by molar-refractivity contribution is 6.27. The van der Waals surface area contributed by atoms with Gasteiger partial charge in [0, 0.05) is 81.5 Å². The topological polar surface area (TPSA) is 156 Å². The monoisotopic (exact) mass is 1050 g/mol. The second-order valence-electron chi connectivity index (χ2n) is 23.2. The van der Waals surface area contributed by atoms with E-state index >= 15 is 0 Å². The van der Waals surface area contributed by atoms with E-state index in [1.165, 1.54) is 25.7 Å². The van der Waals surface area contributed by atoms with Gasteiger partial charge in [-0.1, -0.05) is 117 Å². The van der Waals surface area contributed by atoms with Gasteiger partial charge in [-0.2, -0.15) is 0 Å². The van der Waals surface area contributed by atoms with Crippen LogP contribution in [0.1, 0.15) is 187 Å². The molecular weight excluding hydrogens is 973 g/mol. The van der Waals surface area contributed by atoms with Gasteiger partial charge in [-0.3, -0.25) is 19.2 Å². The average Bonchev–Trinajstić information content (AvgIpc) is 4.35. The van der Waals surface area contributed by atoms with E-state index < -0.39 is 12.1 Å². The summed E-state index contributed by atoms with van der Waals surface area (Å²) in [5.74, 6) is 0.727. The van der Waals surface area contributed by atoms with E-state index in [4.69, 9.17) is 24.5 Å². The van der Waals surface area contributed by atoms with E-state index in [2.05, 4.69) is 73.4 Å². The molecule has 1 fully saturated rings. The predicted molar refractivity (Wildman–Crippen MR) is 313 cm³/mol. The number of hydrogen-bond donors (Lipinski definition) is 2. The molecule has 0 radical (unpaired) electrons. The number of nitrogens with one attached hydrogen (secondary N) is 1. The molecule has 8 bridgehead atoms. The van der Waals surface area contributed by atoms with Crippen molar-refractivity contribution < 1.29 is 33.8 Å². The number of allylic oxidation sites excluding steroid dienone is 14. The van der Waals surface area contributed by atoms with Crippen molar-refractivity contribution in [1.29, 1.82) is 0 Å². The van der Waals surface area contributed by atoms with Crippen LogP contribution >= 0.6 is 0 Å². The van der Waals surface area contributed by atoms with Crippen LogP contribution in [-0.2, 0) is 19.1 Å². The molecule has 412 valence electrons. The molecule has 0 unspecified atom stereocenters. The number of aliphatic imine (C=N–C) groups is 3. The molecular formula is C67H82N4O7. The first-order chi connectivity index (χ1) is 37.3. The molecule has 1 aromatic carbocycles. The summed E-state index contributed by atoms with van der Waals surface area (Å²) < 4.78 is 12.1. The third-order valence-electron chi connectivity index (χ3n) is 17.3. The molecule has 5 atom stereocenters. The minimum absolute atomic E-state index is 0.0106. The third kappa shape index (κ3) is 12.4. The van der Waals surface area contributed by atoms with Crippen molar-refractivity contribution >= 4 is 40.6 Å². The maximum absolute atomic E-state index is 13.8. The van der Waals surface area contributed by atoms with Gasteiger partial charge in [0.15, 0.2) is 11.6 Å². The Morgan fingerprint density at radius 3 is 2.15 bits per heavy atom. The number of ketones is 2. The van der Waals surface area contributed by atoms with Crippen LogP contribution in [0.4, 0.5) is 0 Å². The standard InChI is InChI=1S/C67H82N4O7/c1-13-46-41(8)53-34-55-43(10)48(64(70-55)52-33-59(72)63-45(12)56(71-65(52)63)36-58-47(14-2)42(9)54(69-58)35-57(46)68-53)26-29-61(73)77-32-31-40(7)60(28-25-39(6)22-18-21-38(5)20-17-19-37(3)4)78-62(74)30-27-49-44(11)66(75)50-23-15-16-24-51(50)67(49)76/h13,15-16,23-24,31,34-39,43,48,60,70,72H,1,14,17-22,25-30,32-33H2,2-12H3/b40-31+,55-34?,57-35?,58-36?,64-52?/t38-,39-,43+,48+,60-/m1/s1. The summed E-state index contributed by atoms with van der Waals surface area (Å²) in [5.41, 5.74) is 15.8. The average molecular weight is 1060 g/mol. The molecule has 8 rings (SSSR count). The number of benzene rings is 1. The van der Waals surface area contributed by atoms with Crippen LogP contribution in [0.15, 0.2) is 166 Å². The fourth-order valence-corrected chi connectivity index (χ4v) is 12.2. The van der Waals surface area contributed by atoms with E-state index in [9.17, 15) is 24.3 Å². The van der Waals surface area contributed by atoms with Crippen LogP contribution in [0.2, 0.25) is 0 Å². The summed E-state index contributed by atoms with van der Waals surface area (Å²) in [4.78, 5) is 69.6. The van der Waals surface area contributed by atoms with Crippen molar-refractivity contribution in [2.24, 2.45) is 44.6 Å². The Morgan fingerprint density at radius 2 is 1.46 bits per heavy atom. The third-order valence-corrected chi connectivity index (χ3v) is 17.3.